The summed E-state index contributed by atoms with van der Waals surface area (Å²) in [6, 6.07) is 10.3. The average molecular weight is 392 g/mol. The Morgan fingerprint density at radius 2 is 1.69 bits per heavy atom. The van der Waals surface area contributed by atoms with Crippen LogP contribution in [-0.4, -0.2) is 24.5 Å². The number of sulfonamides is 1. The third-order valence-corrected chi connectivity index (χ3v) is 5.42. The quantitative estimate of drug-likeness (QED) is 0.695. The van der Waals surface area contributed by atoms with Gasteiger partial charge in [0.05, 0.1) is 4.90 Å². The minimum absolute atomic E-state index is 0.0230. The van der Waals surface area contributed by atoms with Gasteiger partial charge in [-0.25, -0.2) is 12.8 Å². The molecule has 26 heavy (non-hydrogen) atoms. The van der Waals surface area contributed by atoms with Crippen molar-refractivity contribution in [1.29, 1.82) is 0 Å². The number of halogens is 1. The Morgan fingerprint density at radius 1 is 1.04 bits per heavy atom. The first-order chi connectivity index (χ1) is 12.3. The van der Waals surface area contributed by atoms with Gasteiger partial charge in [0.15, 0.2) is 0 Å². The van der Waals surface area contributed by atoms with Crippen molar-refractivity contribution in [3.8, 4) is 0 Å². The Hall–Kier alpha value is -2.85. The highest BCUT2D eigenvalue weighted by atomic mass is 32.2. The molecular formula is C16H13FN4O3S2. The van der Waals surface area contributed by atoms with Crippen molar-refractivity contribution in [1.82, 2.24) is 10.2 Å². The third-order valence-electron chi connectivity index (χ3n) is 3.27. The zero-order chi connectivity index (χ0) is 18.7. The van der Waals surface area contributed by atoms with Crippen LogP contribution in [0, 0.1) is 12.7 Å². The predicted octanol–water partition coefficient (Wildman–Crippen LogP) is 3.04. The van der Waals surface area contributed by atoms with Gasteiger partial charge in [0.25, 0.3) is 15.9 Å². The number of rotatable bonds is 5. The summed E-state index contributed by atoms with van der Waals surface area (Å²) in [6.07, 6.45) is 0. The molecule has 0 radical (unpaired) electrons. The Kier molecular flexibility index (Phi) is 4.96. The molecule has 2 N–H and O–H groups in total. The maximum Gasteiger partial charge on any atom is 0.261 e. The van der Waals surface area contributed by atoms with E-state index in [1.54, 1.807) is 6.92 Å². The van der Waals surface area contributed by atoms with Crippen LogP contribution >= 0.6 is 11.3 Å². The molecule has 0 saturated carbocycles. The number of anilines is 2. The Labute approximate surface area is 153 Å². The minimum atomic E-state index is -3.85. The number of amides is 1. The van der Waals surface area contributed by atoms with Crippen LogP contribution in [0.4, 0.5) is 15.2 Å². The summed E-state index contributed by atoms with van der Waals surface area (Å²) in [5.41, 5.74) is 0.512. The Balaban J connectivity index is 1.73. The Morgan fingerprint density at radius 3 is 2.27 bits per heavy atom. The van der Waals surface area contributed by atoms with Gasteiger partial charge in [0, 0.05) is 11.3 Å². The summed E-state index contributed by atoms with van der Waals surface area (Å²) in [5.74, 6) is -0.884. The lowest BCUT2D eigenvalue weighted by Gasteiger charge is -2.08. The van der Waals surface area contributed by atoms with E-state index in [9.17, 15) is 17.6 Å². The topological polar surface area (TPSA) is 101 Å². The molecule has 0 aliphatic rings. The number of nitrogens with zero attached hydrogens (tertiary/aromatic N) is 2. The molecule has 0 aliphatic heterocycles. The van der Waals surface area contributed by atoms with Crippen LogP contribution in [0.3, 0.4) is 0 Å². The van der Waals surface area contributed by atoms with Crippen molar-refractivity contribution in [3.05, 3.63) is 64.9 Å². The fourth-order valence-corrected chi connectivity index (χ4v) is 3.68. The lowest BCUT2D eigenvalue weighted by atomic mass is 10.2. The Bertz CT molecular complexity index is 1030. The maximum absolute atomic E-state index is 12.9. The van der Waals surface area contributed by atoms with E-state index in [0.29, 0.717) is 10.1 Å². The summed E-state index contributed by atoms with van der Waals surface area (Å²) < 4.78 is 39.9. The van der Waals surface area contributed by atoms with Gasteiger partial charge in [0.1, 0.15) is 10.8 Å². The van der Waals surface area contributed by atoms with Crippen LogP contribution in [0.15, 0.2) is 53.4 Å². The van der Waals surface area contributed by atoms with Gasteiger partial charge in [-0.15, -0.1) is 10.2 Å². The van der Waals surface area contributed by atoms with E-state index in [0.717, 1.165) is 12.1 Å². The predicted molar refractivity (Wildman–Crippen MR) is 96.2 cm³/mol. The summed E-state index contributed by atoms with van der Waals surface area (Å²) in [4.78, 5) is 12.1. The molecule has 0 aliphatic carbocycles. The number of carbonyl (C=O) groups excluding carboxylic acids is 1. The smallest absolute Gasteiger partial charge is 0.261 e. The van der Waals surface area contributed by atoms with Crippen molar-refractivity contribution in [2.24, 2.45) is 0 Å². The van der Waals surface area contributed by atoms with E-state index in [1.165, 1.54) is 47.7 Å². The second kappa shape index (κ2) is 7.18. The zero-order valence-electron chi connectivity index (χ0n) is 13.4. The van der Waals surface area contributed by atoms with Crippen molar-refractivity contribution in [2.45, 2.75) is 11.8 Å². The van der Waals surface area contributed by atoms with Crippen LogP contribution in [-0.2, 0) is 10.0 Å². The van der Waals surface area contributed by atoms with Crippen molar-refractivity contribution >= 4 is 38.1 Å². The van der Waals surface area contributed by atoms with Gasteiger partial charge >= 0.3 is 0 Å². The van der Waals surface area contributed by atoms with Crippen LogP contribution in [0.2, 0.25) is 0 Å². The zero-order valence-corrected chi connectivity index (χ0v) is 15.1. The van der Waals surface area contributed by atoms with Gasteiger partial charge in [0.2, 0.25) is 5.13 Å². The van der Waals surface area contributed by atoms with Crippen LogP contribution in [0.1, 0.15) is 15.4 Å². The normalized spacial score (nSPS) is 11.2. The summed E-state index contributed by atoms with van der Waals surface area (Å²) in [7, 11) is -3.85. The molecular weight excluding hydrogens is 379 g/mol. The molecule has 134 valence electrons. The first-order valence-corrected chi connectivity index (χ1v) is 9.63. The monoisotopic (exact) mass is 392 g/mol. The summed E-state index contributed by atoms with van der Waals surface area (Å²) in [5, 5.41) is 11.3. The van der Waals surface area contributed by atoms with Crippen LogP contribution in [0.5, 0.6) is 0 Å². The van der Waals surface area contributed by atoms with E-state index in [-0.39, 0.29) is 16.1 Å². The molecule has 2 aromatic carbocycles. The first kappa shape index (κ1) is 18.0. The van der Waals surface area contributed by atoms with E-state index < -0.39 is 21.7 Å². The molecule has 3 aromatic rings. The molecule has 0 fully saturated rings. The highest BCUT2D eigenvalue weighted by Crippen LogP contribution is 2.18. The number of benzene rings is 2. The van der Waals surface area contributed by atoms with Gasteiger partial charge < -0.3 is 0 Å². The molecule has 0 unspecified atom stereocenters. The summed E-state index contributed by atoms with van der Waals surface area (Å²) >= 11 is 1.23. The third kappa shape index (κ3) is 4.21. The fourth-order valence-electron chi connectivity index (χ4n) is 2.03. The molecule has 3 rings (SSSR count). The number of aryl methyl sites for hydroxylation is 1. The van der Waals surface area contributed by atoms with E-state index in [2.05, 4.69) is 20.2 Å². The van der Waals surface area contributed by atoms with Crippen molar-refractivity contribution < 1.29 is 17.6 Å². The molecule has 1 amide bonds. The van der Waals surface area contributed by atoms with Crippen molar-refractivity contribution in [2.75, 3.05) is 10.0 Å². The van der Waals surface area contributed by atoms with Gasteiger partial charge in [-0.2, -0.15) is 0 Å². The number of carbonyl (C=O) groups is 1. The minimum Gasteiger partial charge on any atom is -0.296 e. The first-order valence-electron chi connectivity index (χ1n) is 7.33. The van der Waals surface area contributed by atoms with Crippen LogP contribution < -0.4 is 10.0 Å². The molecule has 0 atom stereocenters. The lowest BCUT2D eigenvalue weighted by Crippen LogP contribution is -2.14. The number of aromatic nitrogens is 2. The van der Waals surface area contributed by atoms with Gasteiger partial charge in [-0.05, 0) is 55.5 Å². The van der Waals surface area contributed by atoms with Crippen LogP contribution in [0.25, 0.3) is 0 Å². The molecule has 1 heterocycles. The second-order valence-corrected chi connectivity index (χ2v) is 8.08. The van der Waals surface area contributed by atoms with Crippen molar-refractivity contribution in [3.63, 3.8) is 0 Å². The number of hydrogen-bond acceptors (Lipinski definition) is 6. The fraction of sp³-hybridized carbons (Fsp3) is 0.0625. The number of nitrogens with one attached hydrogen (secondary N) is 2. The molecule has 10 heteroatoms. The van der Waals surface area contributed by atoms with E-state index in [1.807, 2.05) is 0 Å². The van der Waals surface area contributed by atoms with Gasteiger partial charge in [-0.3, -0.25) is 14.8 Å². The summed E-state index contributed by atoms with van der Waals surface area (Å²) in [6.45, 7) is 1.76. The molecule has 0 spiro atoms. The van der Waals surface area contributed by atoms with E-state index in [4.69, 9.17) is 0 Å². The second-order valence-electron chi connectivity index (χ2n) is 5.22. The average Bonchev–Trinajstić information content (AvgIpc) is 3.02. The molecule has 7 nitrogen and oxygen atoms in total. The standard InChI is InChI=1S/C16H13FN4O3S2/c1-10-19-20-16(25-10)18-15(22)11-2-8-14(9-3-11)26(23,24)21-13-6-4-12(17)5-7-13/h2-9,21H,1H3,(H,18,20,22). The lowest BCUT2D eigenvalue weighted by molar-refractivity contribution is 0.102. The van der Waals surface area contributed by atoms with E-state index >= 15 is 0 Å². The van der Waals surface area contributed by atoms with Gasteiger partial charge in [-0.1, -0.05) is 11.3 Å². The highest BCUT2D eigenvalue weighted by Gasteiger charge is 2.16. The molecule has 0 bridgehead atoms. The highest BCUT2D eigenvalue weighted by molar-refractivity contribution is 7.92. The largest absolute Gasteiger partial charge is 0.296 e. The number of hydrogen-bond donors (Lipinski definition) is 2. The SMILES string of the molecule is Cc1nnc(NC(=O)c2ccc(S(=O)(=O)Nc3ccc(F)cc3)cc2)s1. The maximum atomic E-state index is 12.9. The molecule has 1 aromatic heterocycles. The molecule has 0 saturated heterocycles.